The Kier molecular flexibility index (Phi) is 6.58. The molecular formula is C13H18BrClN2O3. The Morgan fingerprint density at radius 1 is 1.35 bits per heavy atom. The molecule has 112 valence electrons. The summed E-state index contributed by atoms with van der Waals surface area (Å²) in [6, 6.07) is 3.53. The number of nitrogens with one attached hydrogen (secondary N) is 2. The van der Waals surface area contributed by atoms with Crippen molar-refractivity contribution < 1.29 is 14.3 Å². The van der Waals surface area contributed by atoms with E-state index in [0.717, 1.165) is 24.0 Å². The van der Waals surface area contributed by atoms with Gasteiger partial charge in [-0.25, -0.2) is 0 Å². The molecule has 2 N–H and O–H groups in total. The van der Waals surface area contributed by atoms with Gasteiger partial charge in [-0.15, -0.1) is 12.4 Å². The molecular weight excluding hydrogens is 348 g/mol. The number of hydrogen-bond acceptors (Lipinski definition) is 4. The summed E-state index contributed by atoms with van der Waals surface area (Å²) in [5.74, 6) is 1.26. The molecule has 7 heteroatoms. The number of rotatable bonds is 4. The minimum Gasteiger partial charge on any atom is -0.493 e. The lowest BCUT2D eigenvalue weighted by Crippen LogP contribution is -2.24. The number of halogens is 2. The Balaban J connectivity index is 0.00000200. The first-order valence-electron chi connectivity index (χ1n) is 6.08. The van der Waals surface area contributed by atoms with E-state index in [1.807, 2.05) is 0 Å². The van der Waals surface area contributed by atoms with Crippen LogP contribution in [0.2, 0.25) is 0 Å². The zero-order chi connectivity index (χ0) is 13.8. The van der Waals surface area contributed by atoms with Crippen LogP contribution >= 0.6 is 28.3 Å². The quantitative estimate of drug-likeness (QED) is 0.860. The third kappa shape index (κ3) is 3.77. The number of ether oxygens (including phenoxy) is 2. The summed E-state index contributed by atoms with van der Waals surface area (Å²) in [4.78, 5) is 12.1. The summed E-state index contributed by atoms with van der Waals surface area (Å²) in [5.41, 5.74) is 0.689. The summed E-state index contributed by atoms with van der Waals surface area (Å²) < 4.78 is 11.2. The van der Waals surface area contributed by atoms with Crippen LogP contribution in [0.15, 0.2) is 16.6 Å². The first-order chi connectivity index (χ1) is 9.15. The maximum Gasteiger partial charge on any atom is 0.228 e. The molecule has 1 fully saturated rings. The van der Waals surface area contributed by atoms with Crippen molar-refractivity contribution in [2.75, 3.05) is 32.6 Å². The van der Waals surface area contributed by atoms with E-state index in [1.54, 1.807) is 26.4 Å². The molecule has 0 aliphatic carbocycles. The molecule has 2 rings (SSSR count). The van der Waals surface area contributed by atoms with E-state index in [9.17, 15) is 4.79 Å². The molecule has 0 aromatic heterocycles. The molecule has 1 amide bonds. The van der Waals surface area contributed by atoms with E-state index >= 15 is 0 Å². The van der Waals surface area contributed by atoms with Crippen molar-refractivity contribution >= 4 is 39.9 Å². The molecule has 1 aromatic carbocycles. The van der Waals surface area contributed by atoms with Gasteiger partial charge in [0.1, 0.15) is 0 Å². The third-order valence-electron chi connectivity index (χ3n) is 3.16. The van der Waals surface area contributed by atoms with Crippen LogP contribution in [0.5, 0.6) is 11.5 Å². The standard InChI is InChI=1S/C13H17BrN2O3.ClH/c1-18-11-5-9(14)10(6-12(11)19-2)16-13(17)8-3-4-15-7-8;/h5-6,8,15H,3-4,7H2,1-2H3,(H,16,17);1H. The predicted molar refractivity (Wildman–Crippen MR) is 84.1 cm³/mol. The van der Waals surface area contributed by atoms with E-state index in [2.05, 4.69) is 26.6 Å². The van der Waals surface area contributed by atoms with Crippen LogP contribution in [0.1, 0.15) is 6.42 Å². The van der Waals surface area contributed by atoms with E-state index in [4.69, 9.17) is 9.47 Å². The lowest BCUT2D eigenvalue weighted by Gasteiger charge is -2.14. The largest absolute Gasteiger partial charge is 0.493 e. The van der Waals surface area contributed by atoms with Gasteiger partial charge in [0.15, 0.2) is 11.5 Å². The van der Waals surface area contributed by atoms with Gasteiger partial charge in [-0.1, -0.05) is 0 Å². The minimum atomic E-state index is 0. The van der Waals surface area contributed by atoms with E-state index in [1.165, 1.54) is 0 Å². The Hall–Kier alpha value is -0.980. The van der Waals surface area contributed by atoms with Gasteiger partial charge < -0.3 is 20.1 Å². The highest BCUT2D eigenvalue weighted by Gasteiger charge is 2.23. The van der Waals surface area contributed by atoms with Crippen LogP contribution in [0.4, 0.5) is 5.69 Å². The lowest BCUT2D eigenvalue weighted by atomic mass is 10.1. The topological polar surface area (TPSA) is 59.6 Å². The van der Waals surface area contributed by atoms with Crippen LogP contribution in [0.25, 0.3) is 0 Å². The second kappa shape index (κ2) is 7.71. The molecule has 1 aliphatic heterocycles. The van der Waals surface area contributed by atoms with E-state index < -0.39 is 0 Å². The van der Waals surface area contributed by atoms with Crippen LogP contribution in [-0.2, 0) is 4.79 Å². The number of hydrogen-bond donors (Lipinski definition) is 2. The van der Waals surface area contributed by atoms with Crippen molar-refractivity contribution in [3.8, 4) is 11.5 Å². The molecule has 1 heterocycles. The average molecular weight is 366 g/mol. The van der Waals surface area contributed by atoms with Gasteiger partial charge in [0, 0.05) is 23.2 Å². The fourth-order valence-electron chi connectivity index (χ4n) is 2.06. The van der Waals surface area contributed by atoms with Crippen molar-refractivity contribution in [1.29, 1.82) is 0 Å². The van der Waals surface area contributed by atoms with E-state index in [0.29, 0.717) is 17.2 Å². The van der Waals surface area contributed by atoms with Crippen LogP contribution in [-0.4, -0.2) is 33.2 Å². The normalized spacial score (nSPS) is 17.2. The maximum absolute atomic E-state index is 12.1. The van der Waals surface area contributed by atoms with Gasteiger partial charge in [-0.3, -0.25) is 4.79 Å². The molecule has 0 bridgehead atoms. The van der Waals surface area contributed by atoms with Crippen molar-refractivity contribution in [3.63, 3.8) is 0 Å². The van der Waals surface area contributed by atoms with Crippen LogP contribution < -0.4 is 20.1 Å². The van der Waals surface area contributed by atoms with Crippen molar-refractivity contribution in [3.05, 3.63) is 16.6 Å². The molecule has 1 aliphatic rings. The molecule has 1 saturated heterocycles. The number of carbonyl (C=O) groups is 1. The number of carbonyl (C=O) groups excluding carboxylic acids is 1. The van der Waals surface area contributed by atoms with Crippen LogP contribution in [0, 0.1) is 5.92 Å². The lowest BCUT2D eigenvalue weighted by molar-refractivity contribution is -0.119. The van der Waals surface area contributed by atoms with Crippen molar-refractivity contribution in [2.24, 2.45) is 5.92 Å². The van der Waals surface area contributed by atoms with E-state index in [-0.39, 0.29) is 24.2 Å². The average Bonchev–Trinajstić information content (AvgIpc) is 2.94. The molecule has 5 nitrogen and oxygen atoms in total. The van der Waals surface area contributed by atoms with Crippen molar-refractivity contribution in [2.45, 2.75) is 6.42 Å². The fourth-order valence-corrected chi connectivity index (χ4v) is 2.48. The van der Waals surface area contributed by atoms with Gasteiger partial charge in [0.25, 0.3) is 0 Å². The predicted octanol–water partition coefficient (Wildman–Crippen LogP) is 2.44. The third-order valence-corrected chi connectivity index (χ3v) is 3.82. The summed E-state index contributed by atoms with van der Waals surface area (Å²) in [7, 11) is 3.14. The second-order valence-corrected chi connectivity index (χ2v) is 5.22. The highest BCUT2D eigenvalue weighted by molar-refractivity contribution is 9.10. The zero-order valence-corrected chi connectivity index (χ0v) is 13.8. The number of methoxy groups -OCH3 is 2. The van der Waals surface area contributed by atoms with Crippen LogP contribution in [0.3, 0.4) is 0 Å². The first-order valence-corrected chi connectivity index (χ1v) is 6.88. The molecule has 0 radical (unpaired) electrons. The van der Waals surface area contributed by atoms with Gasteiger partial charge in [0.2, 0.25) is 5.91 Å². The number of benzene rings is 1. The first kappa shape index (κ1) is 17.1. The fraction of sp³-hybridized carbons (Fsp3) is 0.462. The van der Waals surface area contributed by atoms with Crippen molar-refractivity contribution in [1.82, 2.24) is 5.32 Å². The highest BCUT2D eigenvalue weighted by Crippen LogP contribution is 2.36. The minimum absolute atomic E-state index is 0. The summed E-state index contributed by atoms with van der Waals surface area (Å²) in [6.07, 6.45) is 0.872. The molecule has 0 spiro atoms. The molecule has 1 aromatic rings. The smallest absolute Gasteiger partial charge is 0.228 e. The number of anilines is 1. The summed E-state index contributed by atoms with van der Waals surface area (Å²) in [5, 5.41) is 6.09. The Morgan fingerprint density at radius 3 is 2.55 bits per heavy atom. The van der Waals surface area contributed by atoms with Gasteiger partial charge in [0.05, 0.1) is 25.8 Å². The molecule has 1 unspecified atom stereocenters. The van der Waals surface area contributed by atoms with Gasteiger partial charge in [-0.2, -0.15) is 0 Å². The highest BCUT2D eigenvalue weighted by atomic mass is 79.9. The Bertz CT molecular complexity index is 479. The number of amides is 1. The Labute approximate surface area is 132 Å². The summed E-state index contributed by atoms with van der Waals surface area (Å²) in [6.45, 7) is 1.63. The monoisotopic (exact) mass is 364 g/mol. The SMILES string of the molecule is COc1cc(Br)c(NC(=O)C2CCNC2)cc1OC.Cl. The second-order valence-electron chi connectivity index (χ2n) is 4.37. The molecule has 1 atom stereocenters. The molecule has 0 saturated carbocycles. The molecule has 20 heavy (non-hydrogen) atoms. The summed E-state index contributed by atoms with van der Waals surface area (Å²) >= 11 is 3.42. The maximum atomic E-state index is 12.1. The zero-order valence-electron chi connectivity index (χ0n) is 11.4. The van der Waals surface area contributed by atoms with Gasteiger partial charge in [-0.05, 0) is 28.9 Å². The Morgan fingerprint density at radius 2 is 2.00 bits per heavy atom. The van der Waals surface area contributed by atoms with Gasteiger partial charge >= 0.3 is 0 Å².